The predicted octanol–water partition coefficient (Wildman–Crippen LogP) is 0.413. The van der Waals surface area contributed by atoms with Crippen molar-refractivity contribution in [1.29, 1.82) is 0 Å². The molecule has 2 rings (SSSR count). The lowest BCUT2D eigenvalue weighted by Gasteiger charge is -2.00. The van der Waals surface area contributed by atoms with Crippen LogP contribution in [0, 0.1) is 0 Å². The van der Waals surface area contributed by atoms with Gasteiger partial charge in [0.25, 0.3) is 5.89 Å². The van der Waals surface area contributed by atoms with Crippen molar-refractivity contribution in [2.24, 2.45) is 0 Å². The first-order valence-corrected chi connectivity index (χ1v) is 3.95. The van der Waals surface area contributed by atoms with Crippen molar-refractivity contribution in [2.45, 2.75) is 25.6 Å². The fraction of sp³-hybridized carbons (Fsp3) is 0.714. The Morgan fingerprint density at radius 3 is 3.08 bits per heavy atom. The number of hydrogen-bond donors (Lipinski definition) is 1. The maximum atomic E-state index is 8.67. The van der Waals surface area contributed by atoms with E-state index >= 15 is 0 Å². The summed E-state index contributed by atoms with van der Waals surface area (Å²) in [5, 5.41) is 12.2. The Hall–Kier alpha value is -0.940. The van der Waals surface area contributed by atoms with Crippen LogP contribution in [0.25, 0.3) is 0 Å². The zero-order chi connectivity index (χ0) is 8.39. The Balaban J connectivity index is 2.11. The number of hydrogen-bond acceptors (Lipinski definition) is 5. The molecule has 1 atom stereocenters. The van der Waals surface area contributed by atoms with Crippen LogP contribution in [0.4, 0.5) is 0 Å². The van der Waals surface area contributed by atoms with E-state index in [9.17, 15) is 0 Å². The van der Waals surface area contributed by atoms with Crippen LogP contribution in [-0.2, 0) is 11.3 Å². The molecule has 0 aromatic carbocycles. The van der Waals surface area contributed by atoms with Gasteiger partial charge in [-0.2, -0.15) is 4.98 Å². The molecule has 1 N–H and O–H groups in total. The molecule has 1 unspecified atom stereocenters. The number of ether oxygens (including phenoxy) is 1. The Labute approximate surface area is 69.3 Å². The van der Waals surface area contributed by atoms with Crippen LogP contribution in [0.2, 0.25) is 0 Å². The molecule has 0 saturated carbocycles. The van der Waals surface area contributed by atoms with E-state index < -0.39 is 0 Å². The zero-order valence-corrected chi connectivity index (χ0v) is 6.56. The van der Waals surface area contributed by atoms with Crippen LogP contribution in [0.5, 0.6) is 0 Å². The van der Waals surface area contributed by atoms with Crippen molar-refractivity contribution in [1.82, 2.24) is 10.1 Å². The number of aliphatic hydroxyl groups excluding tert-OH is 1. The van der Waals surface area contributed by atoms with Crippen molar-refractivity contribution in [3.05, 3.63) is 11.7 Å². The van der Waals surface area contributed by atoms with Gasteiger partial charge >= 0.3 is 0 Å². The molecule has 1 aromatic rings. The predicted molar refractivity (Wildman–Crippen MR) is 38.1 cm³/mol. The van der Waals surface area contributed by atoms with Crippen molar-refractivity contribution < 1.29 is 14.4 Å². The third kappa shape index (κ3) is 1.33. The van der Waals surface area contributed by atoms with Gasteiger partial charge in [-0.3, -0.25) is 0 Å². The smallest absolute Gasteiger partial charge is 0.255 e. The van der Waals surface area contributed by atoms with Crippen LogP contribution >= 0.6 is 0 Å². The second kappa shape index (κ2) is 3.20. The van der Waals surface area contributed by atoms with E-state index in [1.54, 1.807) is 0 Å². The summed E-state index contributed by atoms with van der Waals surface area (Å²) in [4.78, 5) is 3.96. The molecular formula is C7H10N2O3. The maximum Gasteiger partial charge on any atom is 0.255 e. The molecule has 0 spiro atoms. The lowest BCUT2D eigenvalue weighted by atomic mass is 10.2. The zero-order valence-electron chi connectivity index (χ0n) is 6.56. The number of rotatable bonds is 2. The Morgan fingerprint density at radius 1 is 1.58 bits per heavy atom. The molecule has 1 aliphatic heterocycles. The van der Waals surface area contributed by atoms with Gasteiger partial charge in [0.05, 0.1) is 0 Å². The Bertz CT molecular complexity index is 255. The third-order valence-electron chi connectivity index (χ3n) is 1.83. The first-order chi connectivity index (χ1) is 5.90. The van der Waals surface area contributed by atoms with Crippen molar-refractivity contribution in [3.63, 3.8) is 0 Å². The second-order valence-corrected chi connectivity index (χ2v) is 2.71. The summed E-state index contributed by atoms with van der Waals surface area (Å²) in [7, 11) is 0. The Kier molecular flexibility index (Phi) is 2.05. The Morgan fingerprint density at radius 2 is 2.50 bits per heavy atom. The second-order valence-electron chi connectivity index (χ2n) is 2.71. The van der Waals surface area contributed by atoms with Crippen LogP contribution in [0.15, 0.2) is 4.52 Å². The number of nitrogens with zero attached hydrogens (tertiary/aromatic N) is 2. The summed E-state index contributed by atoms with van der Waals surface area (Å²) in [5.41, 5.74) is 0. The summed E-state index contributed by atoms with van der Waals surface area (Å²) in [6.07, 6.45) is 1.90. The summed E-state index contributed by atoms with van der Waals surface area (Å²) in [5.74, 6) is 0.803. The fourth-order valence-corrected chi connectivity index (χ4v) is 1.23. The summed E-state index contributed by atoms with van der Waals surface area (Å²) >= 11 is 0. The van der Waals surface area contributed by atoms with Crippen LogP contribution in [-0.4, -0.2) is 21.9 Å². The average Bonchev–Trinajstić information content (AvgIpc) is 2.75. The molecule has 1 saturated heterocycles. The number of aromatic nitrogens is 2. The molecule has 12 heavy (non-hydrogen) atoms. The van der Waals surface area contributed by atoms with Crippen LogP contribution in [0.1, 0.15) is 30.7 Å². The third-order valence-corrected chi connectivity index (χ3v) is 1.83. The minimum absolute atomic E-state index is 0.0576. The standard InChI is InChI=1S/C7H10N2O3/c10-4-6-8-7(12-9-6)5-2-1-3-11-5/h5,10H,1-4H2. The van der Waals surface area contributed by atoms with E-state index in [4.69, 9.17) is 14.4 Å². The quantitative estimate of drug-likeness (QED) is 0.696. The molecule has 1 aromatic heterocycles. The number of aliphatic hydroxyl groups is 1. The largest absolute Gasteiger partial charge is 0.388 e. The van der Waals surface area contributed by atoms with Crippen molar-refractivity contribution in [3.8, 4) is 0 Å². The van der Waals surface area contributed by atoms with Crippen molar-refractivity contribution >= 4 is 0 Å². The first-order valence-electron chi connectivity index (χ1n) is 3.95. The van der Waals surface area contributed by atoms with E-state index in [-0.39, 0.29) is 12.7 Å². The van der Waals surface area contributed by atoms with Gasteiger partial charge < -0.3 is 14.4 Å². The minimum atomic E-state index is -0.184. The highest BCUT2D eigenvalue weighted by atomic mass is 16.5. The van der Waals surface area contributed by atoms with Gasteiger partial charge in [-0.25, -0.2) is 0 Å². The fourth-order valence-electron chi connectivity index (χ4n) is 1.23. The van der Waals surface area contributed by atoms with E-state index in [0.29, 0.717) is 11.7 Å². The summed E-state index contributed by atoms with van der Waals surface area (Å²) in [6, 6.07) is 0. The highest BCUT2D eigenvalue weighted by molar-refractivity contribution is 4.90. The van der Waals surface area contributed by atoms with Crippen LogP contribution in [0.3, 0.4) is 0 Å². The molecule has 2 heterocycles. The van der Waals surface area contributed by atoms with Crippen molar-refractivity contribution in [2.75, 3.05) is 6.61 Å². The lowest BCUT2D eigenvalue weighted by Crippen LogP contribution is -1.96. The molecule has 66 valence electrons. The van der Waals surface area contributed by atoms with E-state index in [2.05, 4.69) is 10.1 Å². The SMILES string of the molecule is OCc1noc(C2CCCO2)n1. The van der Waals surface area contributed by atoms with Gasteiger partial charge in [0.2, 0.25) is 0 Å². The molecule has 0 amide bonds. The molecule has 1 aliphatic rings. The highest BCUT2D eigenvalue weighted by Crippen LogP contribution is 2.26. The van der Waals surface area contributed by atoms with Gasteiger partial charge in [0.15, 0.2) is 5.82 Å². The maximum absolute atomic E-state index is 8.67. The molecule has 0 radical (unpaired) electrons. The minimum Gasteiger partial charge on any atom is -0.388 e. The summed E-state index contributed by atoms with van der Waals surface area (Å²) in [6.45, 7) is 0.567. The van der Waals surface area contributed by atoms with E-state index in [1.807, 2.05) is 0 Å². The average molecular weight is 170 g/mol. The molecule has 1 fully saturated rings. The molecule has 0 aliphatic carbocycles. The molecule has 5 nitrogen and oxygen atoms in total. The monoisotopic (exact) mass is 170 g/mol. The highest BCUT2D eigenvalue weighted by Gasteiger charge is 2.23. The van der Waals surface area contributed by atoms with Gasteiger partial charge in [-0.15, -0.1) is 0 Å². The normalized spacial score (nSPS) is 23.2. The van der Waals surface area contributed by atoms with Crippen LogP contribution < -0.4 is 0 Å². The van der Waals surface area contributed by atoms with Gasteiger partial charge in [0, 0.05) is 6.61 Å². The van der Waals surface area contributed by atoms with Gasteiger partial charge in [0.1, 0.15) is 12.7 Å². The molecule has 5 heteroatoms. The summed E-state index contributed by atoms with van der Waals surface area (Å²) < 4.78 is 10.2. The molecular weight excluding hydrogens is 160 g/mol. The van der Waals surface area contributed by atoms with E-state index in [1.165, 1.54) is 0 Å². The van der Waals surface area contributed by atoms with Gasteiger partial charge in [-0.05, 0) is 12.8 Å². The topological polar surface area (TPSA) is 68.4 Å². The van der Waals surface area contributed by atoms with Gasteiger partial charge in [-0.1, -0.05) is 5.16 Å². The molecule has 0 bridgehead atoms. The first kappa shape index (κ1) is 7.70. The van der Waals surface area contributed by atoms with E-state index in [0.717, 1.165) is 19.4 Å². The lowest BCUT2D eigenvalue weighted by molar-refractivity contribution is 0.0835.